The molecule has 0 aromatic heterocycles. The summed E-state index contributed by atoms with van der Waals surface area (Å²) in [6.45, 7) is 4.05. The van der Waals surface area contributed by atoms with Crippen LogP contribution in [-0.2, 0) is 4.79 Å². The fourth-order valence-corrected chi connectivity index (χ4v) is 3.85. The molecule has 0 unspecified atom stereocenters. The molecular formula is C21H21BrN2O3. The molecule has 3 amide bonds. The van der Waals surface area contributed by atoms with Gasteiger partial charge < -0.3 is 5.32 Å². The molecule has 6 heteroatoms. The Morgan fingerprint density at radius 2 is 1.81 bits per heavy atom. The molecule has 0 fully saturated rings. The maximum Gasteiger partial charge on any atom is 0.261 e. The maximum atomic E-state index is 12.4. The van der Waals surface area contributed by atoms with Crippen LogP contribution in [-0.4, -0.2) is 29.2 Å². The van der Waals surface area contributed by atoms with E-state index < -0.39 is 0 Å². The SMILES string of the molecule is Cc1ccc2c(c1)C(=O)N(CCCC(=O)N[C@@H](C)c1ccccc1Br)C2=O. The molecule has 140 valence electrons. The normalized spacial score (nSPS) is 14.3. The van der Waals surface area contributed by atoms with Gasteiger partial charge in [0.05, 0.1) is 17.2 Å². The molecule has 0 saturated heterocycles. The highest BCUT2D eigenvalue weighted by Crippen LogP contribution is 2.25. The van der Waals surface area contributed by atoms with Crippen molar-refractivity contribution in [2.24, 2.45) is 0 Å². The largest absolute Gasteiger partial charge is 0.350 e. The minimum atomic E-state index is -0.281. The summed E-state index contributed by atoms with van der Waals surface area (Å²) in [5.74, 6) is -0.664. The Morgan fingerprint density at radius 3 is 2.56 bits per heavy atom. The summed E-state index contributed by atoms with van der Waals surface area (Å²) in [6.07, 6.45) is 0.681. The highest BCUT2D eigenvalue weighted by atomic mass is 79.9. The second-order valence-electron chi connectivity index (χ2n) is 6.73. The number of halogens is 1. The van der Waals surface area contributed by atoms with Gasteiger partial charge in [0.1, 0.15) is 0 Å². The lowest BCUT2D eigenvalue weighted by molar-refractivity contribution is -0.121. The predicted octanol–water partition coefficient (Wildman–Crippen LogP) is 4.01. The Hall–Kier alpha value is -2.47. The summed E-state index contributed by atoms with van der Waals surface area (Å²) in [7, 11) is 0. The topological polar surface area (TPSA) is 66.5 Å². The van der Waals surface area contributed by atoms with E-state index in [1.54, 1.807) is 12.1 Å². The zero-order valence-electron chi connectivity index (χ0n) is 15.3. The van der Waals surface area contributed by atoms with Crippen LogP contribution in [0.25, 0.3) is 0 Å². The third-order valence-electron chi connectivity index (χ3n) is 4.66. The van der Waals surface area contributed by atoms with E-state index in [1.807, 2.05) is 44.2 Å². The molecule has 2 aromatic carbocycles. The summed E-state index contributed by atoms with van der Waals surface area (Å²) in [4.78, 5) is 38.3. The first kappa shape index (κ1) is 19.3. The molecule has 0 saturated carbocycles. The molecule has 0 radical (unpaired) electrons. The Bertz CT molecular complexity index is 910. The zero-order valence-corrected chi connectivity index (χ0v) is 16.9. The summed E-state index contributed by atoms with van der Waals surface area (Å²) in [6, 6.07) is 12.9. The van der Waals surface area contributed by atoms with Crippen LogP contribution in [0.15, 0.2) is 46.9 Å². The van der Waals surface area contributed by atoms with Crippen LogP contribution >= 0.6 is 15.9 Å². The van der Waals surface area contributed by atoms with Crippen molar-refractivity contribution in [3.05, 3.63) is 69.2 Å². The van der Waals surface area contributed by atoms with Crippen LogP contribution in [0.1, 0.15) is 57.7 Å². The summed E-state index contributed by atoms with van der Waals surface area (Å²) in [5.41, 5.74) is 2.84. The van der Waals surface area contributed by atoms with Crippen molar-refractivity contribution >= 4 is 33.7 Å². The maximum absolute atomic E-state index is 12.4. The van der Waals surface area contributed by atoms with Gasteiger partial charge in [0.25, 0.3) is 11.8 Å². The highest BCUT2D eigenvalue weighted by molar-refractivity contribution is 9.10. The van der Waals surface area contributed by atoms with E-state index in [0.717, 1.165) is 15.6 Å². The van der Waals surface area contributed by atoms with Crippen LogP contribution in [0.3, 0.4) is 0 Å². The van der Waals surface area contributed by atoms with Gasteiger partial charge in [-0.2, -0.15) is 0 Å². The number of carbonyl (C=O) groups excluding carboxylic acids is 3. The molecule has 1 aliphatic heterocycles. The predicted molar refractivity (Wildman–Crippen MR) is 106 cm³/mol. The van der Waals surface area contributed by atoms with Crippen LogP contribution in [0.4, 0.5) is 0 Å². The first-order chi connectivity index (χ1) is 12.9. The number of nitrogens with one attached hydrogen (secondary N) is 1. The third kappa shape index (κ3) is 4.11. The molecule has 0 aliphatic carbocycles. The number of hydrogen-bond donors (Lipinski definition) is 1. The number of aryl methyl sites for hydroxylation is 1. The van der Waals surface area contributed by atoms with Gasteiger partial charge in [0.2, 0.25) is 5.91 Å². The van der Waals surface area contributed by atoms with Crippen LogP contribution in [0, 0.1) is 6.92 Å². The van der Waals surface area contributed by atoms with Crippen molar-refractivity contribution < 1.29 is 14.4 Å². The van der Waals surface area contributed by atoms with Crippen molar-refractivity contribution in [2.45, 2.75) is 32.7 Å². The monoisotopic (exact) mass is 428 g/mol. The molecule has 2 aromatic rings. The van der Waals surface area contributed by atoms with Crippen LogP contribution < -0.4 is 5.32 Å². The first-order valence-corrected chi connectivity index (χ1v) is 9.68. The van der Waals surface area contributed by atoms with Gasteiger partial charge in [-0.1, -0.05) is 45.8 Å². The molecule has 0 bridgehead atoms. The Kier molecular flexibility index (Phi) is 5.75. The number of fused-ring (bicyclic) bond motifs is 1. The Morgan fingerprint density at radius 1 is 1.11 bits per heavy atom. The molecular weight excluding hydrogens is 408 g/mol. The van der Waals surface area contributed by atoms with E-state index in [2.05, 4.69) is 21.2 Å². The van der Waals surface area contributed by atoms with Crippen molar-refractivity contribution in [2.75, 3.05) is 6.54 Å². The summed E-state index contributed by atoms with van der Waals surface area (Å²) in [5, 5.41) is 2.95. The Labute approximate surface area is 166 Å². The number of carbonyl (C=O) groups is 3. The number of nitrogens with zero attached hydrogens (tertiary/aromatic N) is 1. The summed E-state index contributed by atoms with van der Waals surface area (Å²) >= 11 is 3.48. The molecule has 1 heterocycles. The number of benzene rings is 2. The van der Waals surface area contributed by atoms with E-state index in [0.29, 0.717) is 17.5 Å². The van der Waals surface area contributed by atoms with Gasteiger partial charge in [0.15, 0.2) is 0 Å². The van der Waals surface area contributed by atoms with E-state index in [4.69, 9.17) is 0 Å². The van der Waals surface area contributed by atoms with Gasteiger partial charge in [-0.05, 0) is 44.0 Å². The number of amides is 3. The van der Waals surface area contributed by atoms with E-state index in [1.165, 1.54) is 4.90 Å². The number of rotatable bonds is 6. The fraction of sp³-hybridized carbons (Fsp3) is 0.286. The fourth-order valence-electron chi connectivity index (χ4n) is 3.22. The molecule has 27 heavy (non-hydrogen) atoms. The standard InChI is InChI=1S/C21H21BrN2O3/c1-13-9-10-16-17(12-13)21(27)24(20(16)26)11-5-8-19(25)23-14(2)15-6-3-4-7-18(15)22/h3-4,6-7,9-10,12,14H,5,8,11H2,1-2H3,(H,23,25)/t14-/m0/s1. The second-order valence-corrected chi connectivity index (χ2v) is 7.58. The van der Waals surface area contributed by atoms with Gasteiger partial charge in [-0.3, -0.25) is 19.3 Å². The van der Waals surface area contributed by atoms with Crippen molar-refractivity contribution in [3.63, 3.8) is 0 Å². The van der Waals surface area contributed by atoms with Crippen molar-refractivity contribution in [1.29, 1.82) is 0 Å². The van der Waals surface area contributed by atoms with Gasteiger partial charge in [-0.25, -0.2) is 0 Å². The lowest BCUT2D eigenvalue weighted by Gasteiger charge is -2.17. The van der Waals surface area contributed by atoms with Gasteiger partial charge >= 0.3 is 0 Å². The highest BCUT2D eigenvalue weighted by Gasteiger charge is 2.34. The van der Waals surface area contributed by atoms with Crippen molar-refractivity contribution in [3.8, 4) is 0 Å². The average Bonchev–Trinajstić information content (AvgIpc) is 2.86. The zero-order chi connectivity index (χ0) is 19.6. The molecule has 1 N–H and O–H groups in total. The molecule has 3 rings (SSSR count). The molecule has 0 spiro atoms. The Balaban J connectivity index is 1.53. The third-order valence-corrected chi connectivity index (χ3v) is 5.38. The number of hydrogen-bond acceptors (Lipinski definition) is 3. The molecule has 1 aliphatic rings. The minimum Gasteiger partial charge on any atom is -0.350 e. The average molecular weight is 429 g/mol. The lowest BCUT2D eigenvalue weighted by Crippen LogP contribution is -2.32. The van der Waals surface area contributed by atoms with E-state index >= 15 is 0 Å². The number of imide groups is 1. The van der Waals surface area contributed by atoms with Gasteiger partial charge in [0, 0.05) is 17.4 Å². The smallest absolute Gasteiger partial charge is 0.261 e. The van der Waals surface area contributed by atoms with Crippen LogP contribution in [0.5, 0.6) is 0 Å². The second kappa shape index (κ2) is 8.05. The first-order valence-electron chi connectivity index (χ1n) is 8.89. The van der Waals surface area contributed by atoms with E-state index in [-0.39, 0.29) is 36.7 Å². The quantitative estimate of drug-likeness (QED) is 0.706. The van der Waals surface area contributed by atoms with E-state index in [9.17, 15) is 14.4 Å². The van der Waals surface area contributed by atoms with Gasteiger partial charge in [-0.15, -0.1) is 0 Å². The minimum absolute atomic E-state index is 0.106. The lowest BCUT2D eigenvalue weighted by atomic mass is 10.1. The summed E-state index contributed by atoms with van der Waals surface area (Å²) < 4.78 is 0.944. The van der Waals surface area contributed by atoms with Crippen LogP contribution in [0.2, 0.25) is 0 Å². The molecule has 1 atom stereocenters. The molecule has 5 nitrogen and oxygen atoms in total. The van der Waals surface area contributed by atoms with Crippen molar-refractivity contribution in [1.82, 2.24) is 10.2 Å².